The van der Waals surface area contributed by atoms with E-state index in [1.807, 2.05) is 29.8 Å². The standard InChI is InChI=1S/C15H22FN3O/c1-12(15(20)19-9-7-17-8-10-19)18(2)11-13-5-3-4-6-14(13)16/h3-6,12,17H,7-11H2,1-2H3. The van der Waals surface area contributed by atoms with Gasteiger partial charge in [-0.05, 0) is 20.0 Å². The quantitative estimate of drug-likeness (QED) is 0.896. The van der Waals surface area contributed by atoms with Crippen molar-refractivity contribution in [2.45, 2.75) is 19.5 Å². The Morgan fingerprint density at radius 3 is 2.70 bits per heavy atom. The third-order valence-electron chi connectivity index (χ3n) is 3.82. The minimum Gasteiger partial charge on any atom is -0.339 e. The van der Waals surface area contributed by atoms with Crippen molar-refractivity contribution >= 4 is 5.91 Å². The van der Waals surface area contributed by atoms with Crippen LogP contribution in [0.5, 0.6) is 0 Å². The molecule has 1 unspecified atom stereocenters. The lowest BCUT2D eigenvalue weighted by atomic mass is 10.1. The Balaban J connectivity index is 1.95. The van der Waals surface area contributed by atoms with Gasteiger partial charge in [-0.1, -0.05) is 18.2 Å². The average molecular weight is 279 g/mol. The molecule has 0 bridgehead atoms. The molecule has 1 fully saturated rings. The summed E-state index contributed by atoms with van der Waals surface area (Å²) in [4.78, 5) is 16.1. The maximum absolute atomic E-state index is 13.6. The highest BCUT2D eigenvalue weighted by Crippen LogP contribution is 2.12. The molecule has 1 atom stereocenters. The highest BCUT2D eigenvalue weighted by Gasteiger charge is 2.25. The normalized spacial score (nSPS) is 17.3. The minimum absolute atomic E-state index is 0.116. The Bertz CT molecular complexity index is 460. The molecule has 1 aliphatic rings. The summed E-state index contributed by atoms with van der Waals surface area (Å²) in [6.45, 7) is 5.50. The summed E-state index contributed by atoms with van der Waals surface area (Å²) in [7, 11) is 1.86. The molecule has 1 heterocycles. The fourth-order valence-corrected chi connectivity index (χ4v) is 2.37. The van der Waals surface area contributed by atoms with E-state index in [0.29, 0.717) is 12.1 Å². The van der Waals surface area contributed by atoms with Gasteiger partial charge in [-0.15, -0.1) is 0 Å². The first kappa shape index (κ1) is 14.9. The van der Waals surface area contributed by atoms with Crippen LogP contribution in [-0.2, 0) is 11.3 Å². The molecule has 4 nitrogen and oxygen atoms in total. The van der Waals surface area contributed by atoms with E-state index < -0.39 is 0 Å². The van der Waals surface area contributed by atoms with Crippen molar-refractivity contribution in [3.8, 4) is 0 Å². The number of carbonyl (C=O) groups excluding carboxylic acids is 1. The summed E-state index contributed by atoms with van der Waals surface area (Å²) in [6.07, 6.45) is 0. The zero-order chi connectivity index (χ0) is 14.5. The molecule has 0 aromatic heterocycles. The van der Waals surface area contributed by atoms with E-state index in [-0.39, 0.29) is 17.8 Å². The number of hydrogen-bond donors (Lipinski definition) is 1. The number of carbonyl (C=O) groups is 1. The third-order valence-corrected chi connectivity index (χ3v) is 3.82. The van der Waals surface area contributed by atoms with Gasteiger partial charge in [-0.2, -0.15) is 0 Å². The molecule has 1 amide bonds. The second-order valence-corrected chi connectivity index (χ2v) is 5.26. The van der Waals surface area contributed by atoms with E-state index in [4.69, 9.17) is 0 Å². The van der Waals surface area contributed by atoms with Crippen molar-refractivity contribution in [1.29, 1.82) is 0 Å². The van der Waals surface area contributed by atoms with Gasteiger partial charge < -0.3 is 10.2 Å². The minimum atomic E-state index is -0.243. The van der Waals surface area contributed by atoms with E-state index in [2.05, 4.69) is 5.32 Å². The number of likely N-dealkylation sites (N-methyl/N-ethyl adjacent to an activating group) is 1. The molecule has 1 aromatic carbocycles. The topological polar surface area (TPSA) is 35.6 Å². The highest BCUT2D eigenvalue weighted by molar-refractivity contribution is 5.81. The van der Waals surface area contributed by atoms with Crippen molar-refractivity contribution in [2.24, 2.45) is 0 Å². The summed E-state index contributed by atoms with van der Waals surface area (Å²) in [6, 6.07) is 6.45. The van der Waals surface area contributed by atoms with Gasteiger partial charge in [0.05, 0.1) is 6.04 Å². The van der Waals surface area contributed by atoms with Crippen molar-refractivity contribution in [2.75, 3.05) is 33.2 Å². The van der Waals surface area contributed by atoms with Crippen LogP contribution < -0.4 is 5.32 Å². The number of amides is 1. The van der Waals surface area contributed by atoms with Crippen molar-refractivity contribution in [3.05, 3.63) is 35.6 Å². The first-order chi connectivity index (χ1) is 9.59. The van der Waals surface area contributed by atoms with Crippen LogP contribution in [0.15, 0.2) is 24.3 Å². The predicted octanol–water partition coefficient (Wildman–Crippen LogP) is 1.08. The number of hydrogen-bond acceptors (Lipinski definition) is 3. The van der Waals surface area contributed by atoms with Crippen molar-refractivity contribution in [3.63, 3.8) is 0 Å². The van der Waals surface area contributed by atoms with E-state index in [1.165, 1.54) is 6.07 Å². The van der Waals surface area contributed by atoms with Crippen LogP contribution >= 0.6 is 0 Å². The molecule has 1 N–H and O–H groups in total. The number of halogens is 1. The fourth-order valence-electron chi connectivity index (χ4n) is 2.37. The summed E-state index contributed by atoms with van der Waals surface area (Å²) < 4.78 is 13.6. The molecule has 2 rings (SSSR count). The Hall–Kier alpha value is -1.46. The number of benzene rings is 1. The zero-order valence-corrected chi connectivity index (χ0v) is 12.1. The van der Waals surface area contributed by atoms with E-state index in [0.717, 1.165) is 26.2 Å². The van der Waals surface area contributed by atoms with Gasteiger partial charge in [0.1, 0.15) is 5.82 Å². The smallest absolute Gasteiger partial charge is 0.239 e. The molecule has 20 heavy (non-hydrogen) atoms. The van der Waals surface area contributed by atoms with Crippen LogP contribution in [0, 0.1) is 5.82 Å². The second kappa shape index (κ2) is 6.81. The van der Waals surface area contributed by atoms with Gasteiger partial charge in [-0.3, -0.25) is 9.69 Å². The van der Waals surface area contributed by atoms with Crippen LogP contribution in [0.25, 0.3) is 0 Å². The van der Waals surface area contributed by atoms with E-state index in [9.17, 15) is 9.18 Å². The van der Waals surface area contributed by atoms with Gasteiger partial charge in [-0.25, -0.2) is 4.39 Å². The maximum Gasteiger partial charge on any atom is 0.239 e. The molecule has 110 valence electrons. The number of nitrogens with zero attached hydrogens (tertiary/aromatic N) is 2. The molecule has 0 saturated carbocycles. The second-order valence-electron chi connectivity index (χ2n) is 5.26. The summed E-state index contributed by atoms with van der Waals surface area (Å²) in [5.74, 6) is -0.105. The maximum atomic E-state index is 13.6. The lowest BCUT2D eigenvalue weighted by Crippen LogP contribution is -2.52. The Morgan fingerprint density at radius 2 is 2.05 bits per heavy atom. The molecular formula is C15H22FN3O. The van der Waals surface area contributed by atoms with E-state index >= 15 is 0 Å². The molecule has 0 aliphatic carbocycles. The van der Waals surface area contributed by atoms with Gasteiger partial charge in [0, 0.05) is 38.3 Å². The predicted molar refractivity (Wildman–Crippen MR) is 76.8 cm³/mol. The third kappa shape index (κ3) is 3.55. The summed E-state index contributed by atoms with van der Waals surface area (Å²) >= 11 is 0. The molecule has 5 heteroatoms. The first-order valence-electron chi connectivity index (χ1n) is 7.02. The molecule has 1 aliphatic heterocycles. The lowest BCUT2D eigenvalue weighted by Gasteiger charge is -2.33. The van der Waals surface area contributed by atoms with Gasteiger partial charge in [0.15, 0.2) is 0 Å². The van der Waals surface area contributed by atoms with Crippen LogP contribution in [0.2, 0.25) is 0 Å². The zero-order valence-electron chi connectivity index (χ0n) is 12.1. The summed E-state index contributed by atoms with van der Waals surface area (Å²) in [5.41, 5.74) is 0.620. The molecule has 1 saturated heterocycles. The van der Waals surface area contributed by atoms with Crippen LogP contribution in [0.1, 0.15) is 12.5 Å². The SMILES string of the molecule is CC(C(=O)N1CCNCC1)N(C)Cc1ccccc1F. The van der Waals surface area contributed by atoms with Gasteiger partial charge in [0.25, 0.3) is 0 Å². The number of nitrogens with one attached hydrogen (secondary N) is 1. The van der Waals surface area contributed by atoms with Gasteiger partial charge in [0.2, 0.25) is 5.91 Å². The van der Waals surface area contributed by atoms with E-state index in [1.54, 1.807) is 12.1 Å². The molecule has 1 aromatic rings. The Morgan fingerprint density at radius 1 is 1.40 bits per heavy atom. The summed E-state index contributed by atoms with van der Waals surface area (Å²) in [5, 5.41) is 3.23. The Labute approximate surface area is 119 Å². The van der Waals surface area contributed by atoms with Crippen molar-refractivity contribution in [1.82, 2.24) is 15.1 Å². The van der Waals surface area contributed by atoms with Crippen LogP contribution in [0.3, 0.4) is 0 Å². The Kier molecular flexibility index (Phi) is 5.09. The van der Waals surface area contributed by atoms with Crippen LogP contribution in [0.4, 0.5) is 4.39 Å². The van der Waals surface area contributed by atoms with Gasteiger partial charge >= 0.3 is 0 Å². The largest absolute Gasteiger partial charge is 0.339 e. The fraction of sp³-hybridized carbons (Fsp3) is 0.533. The lowest BCUT2D eigenvalue weighted by molar-refractivity contribution is -0.136. The molecule has 0 radical (unpaired) electrons. The molecule has 0 spiro atoms. The average Bonchev–Trinajstić information content (AvgIpc) is 2.49. The number of piperazine rings is 1. The monoisotopic (exact) mass is 279 g/mol. The van der Waals surface area contributed by atoms with Crippen molar-refractivity contribution < 1.29 is 9.18 Å². The first-order valence-corrected chi connectivity index (χ1v) is 7.02. The number of rotatable bonds is 4. The molecular weight excluding hydrogens is 257 g/mol. The highest BCUT2D eigenvalue weighted by atomic mass is 19.1. The van der Waals surface area contributed by atoms with Crippen LogP contribution in [-0.4, -0.2) is 55.0 Å².